The van der Waals surface area contributed by atoms with Gasteiger partial charge in [0.25, 0.3) is 5.09 Å². The van der Waals surface area contributed by atoms with Crippen LogP contribution in [0.4, 0.5) is 0 Å². The molecule has 0 saturated carbocycles. The van der Waals surface area contributed by atoms with E-state index < -0.39 is 11.3 Å². The molecule has 1 unspecified atom stereocenters. The van der Waals surface area contributed by atoms with Crippen molar-refractivity contribution in [3.63, 3.8) is 0 Å². The number of nitrogens with zero attached hydrogens (tertiary/aromatic N) is 2. The lowest BCUT2D eigenvalue weighted by Crippen LogP contribution is -2.12. The Morgan fingerprint density at radius 3 is 1.30 bits per heavy atom. The second kappa shape index (κ2) is 27.3. The van der Waals surface area contributed by atoms with Crippen molar-refractivity contribution >= 4 is 0 Å². The minimum Gasteiger partial charge on any atom is -0.379 e. The topological polar surface area (TPSA) is 113 Å². The molecule has 7 nitrogen and oxygen atoms in total. The molecule has 0 spiro atoms. The third-order valence-corrected chi connectivity index (χ3v) is 3.96. The van der Waals surface area contributed by atoms with Crippen molar-refractivity contribution in [2.45, 2.75) is 110 Å². The lowest BCUT2D eigenvalue weighted by molar-refractivity contribution is -0.742. The van der Waals surface area contributed by atoms with E-state index in [0.29, 0.717) is 0 Å². The van der Waals surface area contributed by atoms with Gasteiger partial charge in [0.1, 0.15) is 0 Å². The molecule has 0 amide bonds. The number of rotatable bonds is 15. The number of aliphatic hydroxyl groups is 1. The molecule has 0 bridgehead atoms. The van der Waals surface area contributed by atoms with Crippen LogP contribution in [0.25, 0.3) is 0 Å². The van der Waals surface area contributed by atoms with E-state index in [-0.39, 0.29) is 0 Å². The number of hydrogen-bond donors (Lipinski definition) is 3. The van der Waals surface area contributed by atoms with Crippen molar-refractivity contribution < 1.29 is 15.4 Å². The molecule has 0 heterocycles. The van der Waals surface area contributed by atoms with Gasteiger partial charge in [0, 0.05) is 0 Å². The summed E-state index contributed by atoms with van der Waals surface area (Å²) in [5, 5.41) is 21.5. The van der Waals surface area contributed by atoms with Crippen molar-refractivity contribution in [2.75, 3.05) is 20.6 Å². The summed E-state index contributed by atoms with van der Waals surface area (Å²) >= 11 is 0. The Hall–Kier alpha value is -0.920. The van der Waals surface area contributed by atoms with Crippen molar-refractivity contribution in [2.24, 2.45) is 5.73 Å². The minimum atomic E-state index is -1.50. The van der Waals surface area contributed by atoms with Crippen LogP contribution in [0.3, 0.4) is 0 Å². The van der Waals surface area contributed by atoms with Crippen LogP contribution >= 0.6 is 0 Å². The van der Waals surface area contributed by atoms with Crippen LogP contribution in [0.15, 0.2) is 0 Å². The summed E-state index contributed by atoms with van der Waals surface area (Å²) in [7, 11) is 4.34. The lowest BCUT2D eigenvalue weighted by atomic mass is 10.0. The molecule has 0 aliphatic heterocycles. The number of nitrogens with two attached hydrogens (primary N) is 1. The minimum absolute atomic E-state index is 0.667. The fourth-order valence-corrected chi connectivity index (χ4v) is 2.62. The zero-order valence-corrected chi connectivity index (χ0v) is 18.4. The zero-order valence-electron chi connectivity index (χ0n) is 18.4. The van der Waals surface area contributed by atoms with E-state index >= 15 is 0 Å². The van der Waals surface area contributed by atoms with Crippen LogP contribution in [0.1, 0.15) is 104 Å². The molecule has 0 rings (SSSR count). The van der Waals surface area contributed by atoms with Gasteiger partial charge < -0.3 is 20.9 Å². The summed E-state index contributed by atoms with van der Waals surface area (Å²) in [4.78, 5) is 10.7. The highest BCUT2D eigenvalue weighted by Crippen LogP contribution is 2.12. The van der Waals surface area contributed by atoms with E-state index in [1.54, 1.807) is 0 Å². The first-order chi connectivity index (χ1) is 12.7. The quantitative estimate of drug-likeness (QED) is 0.157. The Morgan fingerprint density at radius 2 is 1.07 bits per heavy atom. The molecule has 0 aromatic carbocycles. The summed E-state index contributed by atoms with van der Waals surface area (Å²) < 4.78 is 0. The molecule has 0 aromatic heterocycles. The van der Waals surface area contributed by atoms with Gasteiger partial charge in [-0.15, -0.1) is 10.1 Å². The van der Waals surface area contributed by atoms with Crippen molar-refractivity contribution in [1.29, 1.82) is 0 Å². The number of hydrogen-bond acceptors (Lipinski definition) is 5. The van der Waals surface area contributed by atoms with Gasteiger partial charge in [0.15, 0.2) is 0 Å². The van der Waals surface area contributed by atoms with Crippen molar-refractivity contribution in [3.8, 4) is 0 Å². The summed E-state index contributed by atoms with van der Waals surface area (Å²) in [6.07, 6.45) is 19.6. The highest BCUT2D eigenvalue weighted by Gasteiger charge is 1.94. The van der Waals surface area contributed by atoms with Gasteiger partial charge in [-0.25, -0.2) is 0 Å². The molecule has 166 valence electrons. The van der Waals surface area contributed by atoms with Gasteiger partial charge in [-0.05, 0) is 34.0 Å². The fourth-order valence-electron chi connectivity index (χ4n) is 2.62. The maximum atomic E-state index is 8.36. The third kappa shape index (κ3) is 58.7. The highest BCUT2D eigenvalue weighted by atomic mass is 16.9. The first-order valence-electron chi connectivity index (χ1n) is 10.7. The Kier molecular flexibility index (Phi) is 31.1. The first-order valence-corrected chi connectivity index (χ1v) is 10.7. The van der Waals surface area contributed by atoms with Crippen molar-refractivity contribution in [3.05, 3.63) is 10.1 Å². The molecule has 1 atom stereocenters. The molecule has 0 aliphatic carbocycles. The van der Waals surface area contributed by atoms with E-state index in [4.69, 9.17) is 20.4 Å². The summed E-state index contributed by atoms with van der Waals surface area (Å²) in [5.74, 6) is 0. The molecule has 0 aromatic rings. The van der Waals surface area contributed by atoms with Gasteiger partial charge in [0.05, 0.1) is 6.23 Å². The third-order valence-electron chi connectivity index (χ3n) is 3.96. The monoisotopic (exact) mass is 393 g/mol. The predicted octanol–water partition coefficient (Wildman–Crippen LogP) is 4.97. The molecule has 7 heteroatoms. The van der Waals surface area contributed by atoms with Crippen LogP contribution in [-0.4, -0.2) is 47.2 Å². The Bertz CT molecular complexity index is 271. The Morgan fingerprint density at radius 1 is 0.852 bits per heavy atom. The van der Waals surface area contributed by atoms with E-state index in [2.05, 4.69) is 31.7 Å². The maximum Gasteiger partial charge on any atom is 0.291 e. The van der Waals surface area contributed by atoms with E-state index in [0.717, 1.165) is 0 Å². The second-order valence-electron chi connectivity index (χ2n) is 7.38. The van der Waals surface area contributed by atoms with Gasteiger partial charge >= 0.3 is 0 Å². The number of unbranched alkanes of at least 4 members (excludes halogenated alkanes) is 13. The Labute approximate surface area is 167 Å². The normalized spacial score (nSPS) is 11.2. The van der Waals surface area contributed by atoms with E-state index in [1.165, 1.54) is 103 Å². The standard InChI is InChI=1S/C18H39N.C2H7NO.HNO3/c1-4-5-6-7-8-9-10-11-12-13-14-15-16-17-18-19(2)3;1-2(3)4;2-1(3)4/h4-18H2,1-3H3;2,4H,3H2,1H3;(H,2,3,4). The lowest BCUT2D eigenvalue weighted by Gasteiger charge is -2.08. The van der Waals surface area contributed by atoms with Crippen LogP contribution < -0.4 is 5.73 Å². The maximum absolute atomic E-state index is 8.36. The van der Waals surface area contributed by atoms with Crippen LogP contribution in [0.5, 0.6) is 0 Å². The summed E-state index contributed by atoms with van der Waals surface area (Å²) in [6.45, 7) is 5.05. The molecule has 4 N–H and O–H groups in total. The van der Waals surface area contributed by atoms with E-state index in [1.807, 2.05) is 0 Å². The summed E-state index contributed by atoms with van der Waals surface area (Å²) in [5.41, 5.74) is 4.67. The zero-order chi connectivity index (χ0) is 21.3. The second-order valence-corrected chi connectivity index (χ2v) is 7.38. The van der Waals surface area contributed by atoms with Gasteiger partial charge in [-0.2, -0.15) is 0 Å². The SMILES string of the molecule is CC(N)O.CCCCCCCCCCCCCCCCN(C)C.O=[N+]([O-])O. The largest absolute Gasteiger partial charge is 0.379 e. The fraction of sp³-hybridized carbons (Fsp3) is 1.00. The molecule has 0 fully saturated rings. The first kappa shape index (κ1) is 30.8. The van der Waals surface area contributed by atoms with Crippen LogP contribution in [-0.2, 0) is 0 Å². The molecule has 0 saturated heterocycles. The van der Waals surface area contributed by atoms with E-state index in [9.17, 15) is 0 Å². The average Bonchev–Trinajstić information content (AvgIpc) is 2.54. The van der Waals surface area contributed by atoms with Gasteiger partial charge in [0.2, 0.25) is 0 Å². The smallest absolute Gasteiger partial charge is 0.291 e. The average molecular weight is 394 g/mol. The molecule has 27 heavy (non-hydrogen) atoms. The molecular weight excluding hydrogens is 346 g/mol. The Balaban J connectivity index is -0.000000603. The molecular formula is C20H47N3O4. The van der Waals surface area contributed by atoms with Crippen LogP contribution in [0, 0.1) is 10.1 Å². The van der Waals surface area contributed by atoms with Crippen molar-refractivity contribution in [1.82, 2.24) is 4.90 Å². The summed E-state index contributed by atoms with van der Waals surface area (Å²) in [6, 6.07) is 0. The predicted molar refractivity (Wildman–Crippen MR) is 114 cm³/mol. The van der Waals surface area contributed by atoms with Crippen LogP contribution in [0.2, 0.25) is 0 Å². The molecule has 0 aliphatic rings. The van der Waals surface area contributed by atoms with Gasteiger partial charge in [-0.3, -0.25) is 0 Å². The van der Waals surface area contributed by atoms with Gasteiger partial charge in [-0.1, -0.05) is 90.4 Å². The number of aliphatic hydroxyl groups excluding tert-OH is 1. The highest BCUT2D eigenvalue weighted by molar-refractivity contribution is 4.50. The molecule has 0 radical (unpaired) electrons.